The van der Waals surface area contributed by atoms with Gasteiger partial charge in [-0.2, -0.15) is 0 Å². The highest BCUT2D eigenvalue weighted by Crippen LogP contribution is 2.34. The molecule has 3 saturated heterocycles. The van der Waals surface area contributed by atoms with E-state index >= 15 is 0 Å². The van der Waals surface area contributed by atoms with Crippen LogP contribution >= 0.6 is 34.8 Å². The smallest absolute Gasteiger partial charge is 0.120 e. The summed E-state index contributed by atoms with van der Waals surface area (Å²) in [7, 11) is 2.25. The van der Waals surface area contributed by atoms with Gasteiger partial charge in [0.1, 0.15) is 11.5 Å². The number of piperazine rings is 1. The Hall–Kier alpha value is -4.55. The summed E-state index contributed by atoms with van der Waals surface area (Å²) < 4.78 is 16.5. The zero-order valence-electron chi connectivity index (χ0n) is 41.4. The van der Waals surface area contributed by atoms with E-state index in [1.807, 2.05) is 78.9 Å². The maximum absolute atomic E-state index is 11.0. The fourth-order valence-corrected chi connectivity index (χ4v) is 11.0. The van der Waals surface area contributed by atoms with Crippen LogP contribution in [0.2, 0.25) is 15.1 Å². The van der Waals surface area contributed by atoms with Crippen LogP contribution in [0.1, 0.15) is 69.8 Å². The van der Waals surface area contributed by atoms with E-state index in [9.17, 15) is 5.11 Å². The van der Waals surface area contributed by atoms with Gasteiger partial charge in [0.05, 0.1) is 29.8 Å². The zero-order chi connectivity index (χ0) is 49.0. The molecule has 3 fully saturated rings. The van der Waals surface area contributed by atoms with E-state index in [0.717, 1.165) is 127 Å². The van der Waals surface area contributed by atoms with Crippen LogP contribution in [0.25, 0.3) is 33.2 Å². The van der Waals surface area contributed by atoms with E-state index in [1.165, 1.54) is 82.4 Å². The SMILES string of the molecule is CN1CCC(N2CCN(CCCCCOc3ccc4c(ccn4-c4ccc(Cl)cc4)c3)CC2)CC1.OC1(c2ccc(Cl)cc2)CCN(CCCCCOc2ccc3c(ccn3-c3ccc(Cl)cc3)c2)CC1. The molecule has 12 heteroatoms. The fraction of sp³-hybridized carbons (Fsp3) is 0.424. The van der Waals surface area contributed by atoms with Crippen LogP contribution in [0.4, 0.5) is 0 Å². The van der Waals surface area contributed by atoms with Crippen LogP contribution in [0.3, 0.4) is 0 Å². The van der Waals surface area contributed by atoms with E-state index in [2.05, 4.69) is 90.6 Å². The van der Waals surface area contributed by atoms with Crippen LogP contribution in [0.15, 0.2) is 134 Å². The average molecular weight is 1020 g/mol. The Morgan fingerprint density at radius 3 is 1.44 bits per heavy atom. The quantitative estimate of drug-likeness (QED) is 0.0860. The molecule has 0 unspecified atom stereocenters. The number of hydrogen-bond donors (Lipinski definition) is 1. The third kappa shape index (κ3) is 13.9. The average Bonchev–Trinajstić information content (AvgIpc) is 4.02. The summed E-state index contributed by atoms with van der Waals surface area (Å²) in [5.74, 6) is 1.87. The molecule has 5 aromatic carbocycles. The zero-order valence-corrected chi connectivity index (χ0v) is 43.7. The maximum Gasteiger partial charge on any atom is 0.120 e. The Kier molecular flexibility index (Phi) is 18.0. The van der Waals surface area contributed by atoms with Crippen LogP contribution < -0.4 is 9.47 Å². The Bertz CT molecular complexity index is 2720. The van der Waals surface area contributed by atoms with Crippen molar-refractivity contribution in [2.45, 2.75) is 75.9 Å². The first-order valence-corrected chi connectivity index (χ1v) is 27.1. The third-order valence-electron chi connectivity index (χ3n) is 15.0. The molecule has 5 heterocycles. The maximum atomic E-state index is 11.0. The number of aromatic nitrogens is 2. The molecular formula is C59H71Cl3N6O3. The summed E-state index contributed by atoms with van der Waals surface area (Å²) in [4.78, 5) is 10.3. The summed E-state index contributed by atoms with van der Waals surface area (Å²) >= 11 is 18.1. The van der Waals surface area contributed by atoms with Crippen molar-refractivity contribution < 1.29 is 14.6 Å². The fourth-order valence-electron chi connectivity index (χ4n) is 10.6. The molecule has 2 aromatic heterocycles. The molecule has 1 N–H and O–H groups in total. The molecule has 0 amide bonds. The molecule has 0 spiro atoms. The summed E-state index contributed by atoms with van der Waals surface area (Å²) in [6.45, 7) is 13.1. The molecule has 0 bridgehead atoms. The summed E-state index contributed by atoms with van der Waals surface area (Å²) in [6.07, 6.45) is 15.3. The van der Waals surface area contributed by atoms with Crippen molar-refractivity contribution >= 4 is 56.6 Å². The van der Waals surface area contributed by atoms with Crippen molar-refractivity contribution in [3.8, 4) is 22.9 Å². The van der Waals surface area contributed by atoms with Gasteiger partial charge in [-0.15, -0.1) is 0 Å². The number of fused-ring (bicyclic) bond motifs is 2. The predicted octanol–water partition coefficient (Wildman–Crippen LogP) is 13.0. The molecule has 10 rings (SSSR count). The van der Waals surface area contributed by atoms with Crippen LogP contribution in [0.5, 0.6) is 11.5 Å². The number of unbranched alkanes of at least 4 members (excludes halogenated alkanes) is 4. The minimum atomic E-state index is -0.730. The lowest BCUT2D eigenvalue weighted by atomic mass is 9.84. The predicted molar refractivity (Wildman–Crippen MR) is 295 cm³/mol. The van der Waals surface area contributed by atoms with E-state index in [1.54, 1.807) is 0 Å². The van der Waals surface area contributed by atoms with E-state index < -0.39 is 5.60 Å². The second kappa shape index (κ2) is 24.9. The minimum absolute atomic E-state index is 0.706. The Morgan fingerprint density at radius 1 is 0.507 bits per heavy atom. The normalized spacial score (nSPS) is 17.4. The standard InChI is InChI=1S/C30H32Cl2N2O2.C29H39ClN4O/c31-25-6-4-24(5-7-25)30(35)15-19-33(20-16-30)17-2-1-3-21-36-28-12-13-29-23(22-28)14-18-34(29)27-10-8-26(32)9-11-27;1-31-15-12-26(13-16-31)33-20-18-32(19-21-33)14-3-2-4-22-35-28-9-10-29-24(23-28)11-17-34(29)27-7-5-25(30)6-8-27/h4-14,18,22,35H,1-3,15-17,19-21H2;5-11,17,23,26H,2-4,12-16,18-22H2,1H3. The van der Waals surface area contributed by atoms with E-state index in [-0.39, 0.29) is 0 Å². The van der Waals surface area contributed by atoms with Crippen LogP contribution in [-0.2, 0) is 5.60 Å². The van der Waals surface area contributed by atoms with Crippen molar-refractivity contribution in [2.24, 2.45) is 0 Å². The number of hydrogen-bond acceptors (Lipinski definition) is 7. The van der Waals surface area contributed by atoms with Crippen LogP contribution in [-0.4, -0.2) is 126 Å². The molecule has 3 aliphatic rings. The third-order valence-corrected chi connectivity index (χ3v) is 15.7. The Labute approximate surface area is 436 Å². The largest absolute Gasteiger partial charge is 0.494 e. The number of aliphatic hydroxyl groups is 1. The minimum Gasteiger partial charge on any atom is -0.494 e. The molecular weight excluding hydrogens is 947 g/mol. The molecule has 7 aromatic rings. The molecule has 3 aliphatic heterocycles. The van der Waals surface area contributed by atoms with Gasteiger partial charge >= 0.3 is 0 Å². The Morgan fingerprint density at radius 2 is 0.958 bits per heavy atom. The molecule has 0 saturated carbocycles. The first-order valence-electron chi connectivity index (χ1n) is 26.0. The first-order chi connectivity index (χ1) is 34.7. The molecule has 0 atom stereocenters. The van der Waals surface area contributed by atoms with Gasteiger partial charge in [-0.25, -0.2) is 0 Å². The molecule has 0 radical (unpaired) electrons. The summed E-state index contributed by atoms with van der Waals surface area (Å²) in [5.41, 5.74) is 4.77. The number of benzene rings is 5. The van der Waals surface area contributed by atoms with Gasteiger partial charge in [-0.3, -0.25) is 4.90 Å². The molecule has 376 valence electrons. The van der Waals surface area contributed by atoms with E-state index in [0.29, 0.717) is 5.02 Å². The lowest BCUT2D eigenvalue weighted by Gasteiger charge is -2.42. The Balaban J connectivity index is 0.000000176. The number of likely N-dealkylation sites (tertiary alicyclic amines) is 2. The highest BCUT2D eigenvalue weighted by atomic mass is 35.5. The van der Waals surface area contributed by atoms with Gasteiger partial charge in [0.25, 0.3) is 0 Å². The number of rotatable bonds is 18. The number of nitrogens with zero attached hydrogens (tertiary/aromatic N) is 6. The van der Waals surface area contributed by atoms with Gasteiger partial charge in [0, 0.05) is 94.9 Å². The van der Waals surface area contributed by atoms with Crippen molar-refractivity contribution in [3.05, 3.63) is 154 Å². The van der Waals surface area contributed by atoms with Gasteiger partial charge in [0.15, 0.2) is 0 Å². The lowest BCUT2D eigenvalue weighted by Crippen LogP contribution is -2.52. The topological polar surface area (TPSA) is 61.5 Å². The van der Waals surface area contributed by atoms with E-state index in [4.69, 9.17) is 44.3 Å². The van der Waals surface area contributed by atoms with Crippen molar-refractivity contribution in [2.75, 3.05) is 85.7 Å². The summed E-state index contributed by atoms with van der Waals surface area (Å²) in [5, 5.41) is 15.6. The van der Waals surface area contributed by atoms with Crippen molar-refractivity contribution in [1.29, 1.82) is 0 Å². The second-order valence-electron chi connectivity index (χ2n) is 19.9. The number of ether oxygens (including phenoxy) is 2. The van der Waals surface area contributed by atoms with Gasteiger partial charge in [-0.05, 0) is 212 Å². The van der Waals surface area contributed by atoms with Crippen LogP contribution in [0, 0.1) is 0 Å². The van der Waals surface area contributed by atoms with Gasteiger partial charge < -0.3 is 38.4 Å². The first kappa shape index (κ1) is 51.4. The summed E-state index contributed by atoms with van der Waals surface area (Å²) in [6, 6.07) is 41.1. The van der Waals surface area contributed by atoms with Gasteiger partial charge in [-0.1, -0.05) is 46.9 Å². The highest BCUT2D eigenvalue weighted by Gasteiger charge is 2.33. The number of halogens is 3. The molecule has 0 aliphatic carbocycles. The number of piperidine rings is 2. The van der Waals surface area contributed by atoms with Crippen molar-refractivity contribution in [1.82, 2.24) is 28.7 Å². The lowest BCUT2D eigenvalue weighted by molar-refractivity contribution is -0.0261. The monoisotopic (exact) mass is 1020 g/mol. The van der Waals surface area contributed by atoms with Gasteiger partial charge in [0.2, 0.25) is 0 Å². The molecule has 71 heavy (non-hydrogen) atoms. The highest BCUT2D eigenvalue weighted by molar-refractivity contribution is 6.31. The van der Waals surface area contributed by atoms with Crippen molar-refractivity contribution in [3.63, 3.8) is 0 Å². The second-order valence-corrected chi connectivity index (χ2v) is 21.2. The molecule has 9 nitrogen and oxygen atoms in total.